The number of methoxy groups -OCH3 is 2. The molecule has 0 spiro atoms. The molecule has 0 unspecified atom stereocenters. The molecular weight excluding hydrogens is 406 g/mol. The largest absolute Gasteiger partial charge is 0.497 e. The number of rotatable bonds is 9. The lowest BCUT2D eigenvalue weighted by Crippen LogP contribution is -2.41. The van der Waals surface area contributed by atoms with Gasteiger partial charge in [0.2, 0.25) is 5.91 Å². The second kappa shape index (κ2) is 9.55. The fraction of sp³-hybridized carbons (Fsp3) is 0.238. The normalized spacial score (nSPS) is 11.3. The minimum absolute atomic E-state index is 0.0999. The van der Waals surface area contributed by atoms with Gasteiger partial charge in [-0.2, -0.15) is 0 Å². The molecule has 0 aliphatic carbocycles. The maximum atomic E-state index is 13.6. The Hall–Kier alpha value is -3.17. The third-order valence-electron chi connectivity index (χ3n) is 4.48. The Labute approximate surface area is 175 Å². The molecule has 1 heterocycles. The first-order valence-electron chi connectivity index (χ1n) is 9.22. The third kappa shape index (κ3) is 4.69. The van der Waals surface area contributed by atoms with Crippen LogP contribution in [0.15, 0.2) is 65.8 Å². The van der Waals surface area contributed by atoms with Crippen molar-refractivity contribution in [3.8, 4) is 5.75 Å². The van der Waals surface area contributed by atoms with Gasteiger partial charge < -0.3 is 14.8 Å². The van der Waals surface area contributed by atoms with Crippen LogP contribution in [0.3, 0.4) is 0 Å². The number of benzene rings is 2. The van der Waals surface area contributed by atoms with Crippen LogP contribution in [0.4, 0.5) is 5.69 Å². The molecule has 3 aromatic rings. The monoisotopic (exact) mass is 429 g/mol. The van der Waals surface area contributed by atoms with Crippen LogP contribution in [0.25, 0.3) is 10.8 Å². The molecule has 0 aliphatic rings. The first-order valence-corrected chi connectivity index (χ1v) is 10.7. The summed E-state index contributed by atoms with van der Waals surface area (Å²) >= 11 is 0. The standard InChI is InChI=1S/C21H23N3O5S/c1-28-13-12-23-21(25)15-24(17-6-8-18(29-2)9-7-17)30(26,27)20-5-3-4-16-14-22-11-10-19(16)20/h3-11,14H,12-13,15H2,1-2H3,(H,23,25). The number of aromatic nitrogens is 1. The predicted molar refractivity (Wildman–Crippen MR) is 114 cm³/mol. The zero-order chi connectivity index (χ0) is 21.6. The van der Waals surface area contributed by atoms with E-state index in [0.717, 1.165) is 4.31 Å². The van der Waals surface area contributed by atoms with E-state index in [0.29, 0.717) is 28.8 Å². The van der Waals surface area contributed by atoms with E-state index in [-0.39, 0.29) is 18.0 Å². The van der Waals surface area contributed by atoms with Gasteiger partial charge in [0.25, 0.3) is 10.0 Å². The average molecular weight is 429 g/mol. The van der Waals surface area contributed by atoms with Crippen molar-refractivity contribution in [1.29, 1.82) is 0 Å². The van der Waals surface area contributed by atoms with Crippen LogP contribution < -0.4 is 14.4 Å². The Morgan fingerprint density at radius 3 is 2.57 bits per heavy atom. The van der Waals surface area contributed by atoms with Gasteiger partial charge in [-0.3, -0.25) is 14.1 Å². The summed E-state index contributed by atoms with van der Waals surface area (Å²) in [5.41, 5.74) is 0.351. The number of nitrogens with one attached hydrogen (secondary N) is 1. The number of nitrogens with zero attached hydrogens (tertiary/aromatic N) is 2. The van der Waals surface area contributed by atoms with E-state index in [1.54, 1.807) is 48.7 Å². The Morgan fingerprint density at radius 2 is 1.87 bits per heavy atom. The Kier molecular flexibility index (Phi) is 6.86. The average Bonchev–Trinajstić information content (AvgIpc) is 2.77. The molecule has 0 saturated carbocycles. The van der Waals surface area contributed by atoms with Gasteiger partial charge in [-0.25, -0.2) is 8.42 Å². The van der Waals surface area contributed by atoms with E-state index in [1.165, 1.54) is 26.5 Å². The second-order valence-corrected chi connectivity index (χ2v) is 8.24. The highest BCUT2D eigenvalue weighted by molar-refractivity contribution is 7.93. The number of carbonyl (C=O) groups excluding carboxylic acids is 1. The summed E-state index contributed by atoms with van der Waals surface area (Å²) < 4.78 is 38.4. The smallest absolute Gasteiger partial charge is 0.265 e. The fourth-order valence-electron chi connectivity index (χ4n) is 2.98. The molecule has 1 aromatic heterocycles. The first kappa shape index (κ1) is 21.5. The molecule has 0 aliphatic heterocycles. The number of anilines is 1. The van der Waals surface area contributed by atoms with Gasteiger partial charge in [0.1, 0.15) is 12.3 Å². The van der Waals surface area contributed by atoms with Gasteiger partial charge in [-0.05, 0) is 36.4 Å². The molecule has 0 bridgehead atoms. The van der Waals surface area contributed by atoms with Gasteiger partial charge in [-0.1, -0.05) is 12.1 Å². The lowest BCUT2D eigenvalue weighted by Gasteiger charge is -2.25. The number of sulfonamides is 1. The molecule has 0 fully saturated rings. The number of hydrogen-bond donors (Lipinski definition) is 1. The van der Waals surface area contributed by atoms with Crippen molar-refractivity contribution in [2.24, 2.45) is 0 Å². The molecule has 9 heteroatoms. The van der Waals surface area contributed by atoms with E-state index < -0.39 is 15.9 Å². The minimum atomic E-state index is -4.05. The van der Waals surface area contributed by atoms with Gasteiger partial charge >= 0.3 is 0 Å². The maximum Gasteiger partial charge on any atom is 0.265 e. The Balaban J connectivity index is 2.04. The van der Waals surface area contributed by atoms with Gasteiger partial charge in [0.05, 0.1) is 24.3 Å². The van der Waals surface area contributed by atoms with E-state index in [2.05, 4.69) is 10.3 Å². The third-order valence-corrected chi connectivity index (χ3v) is 6.32. The van der Waals surface area contributed by atoms with E-state index in [4.69, 9.17) is 9.47 Å². The summed E-state index contributed by atoms with van der Waals surface area (Å²) in [6.45, 7) is 0.239. The molecule has 2 aromatic carbocycles. The summed E-state index contributed by atoms with van der Waals surface area (Å²) in [4.78, 5) is 16.6. The highest BCUT2D eigenvalue weighted by atomic mass is 32.2. The van der Waals surface area contributed by atoms with Crippen molar-refractivity contribution in [3.05, 3.63) is 60.9 Å². The van der Waals surface area contributed by atoms with Crippen molar-refractivity contribution in [3.63, 3.8) is 0 Å². The van der Waals surface area contributed by atoms with Crippen molar-refractivity contribution < 1.29 is 22.7 Å². The maximum absolute atomic E-state index is 13.6. The molecule has 1 amide bonds. The number of ether oxygens (including phenoxy) is 2. The van der Waals surface area contributed by atoms with Gasteiger partial charge in [0, 0.05) is 36.8 Å². The van der Waals surface area contributed by atoms with Crippen LogP contribution in [0.2, 0.25) is 0 Å². The van der Waals surface area contributed by atoms with Crippen molar-refractivity contribution >= 4 is 32.4 Å². The van der Waals surface area contributed by atoms with Crippen LogP contribution in [-0.4, -0.2) is 53.2 Å². The topological polar surface area (TPSA) is 97.8 Å². The van der Waals surface area contributed by atoms with Crippen LogP contribution in [0.1, 0.15) is 0 Å². The molecule has 8 nitrogen and oxygen atoms in total. The van der Waals surface area contributed by atoms with Crippen molar-refractivity contribution in [2.45, 2.75) is 4.90 Å². The number of carbonyl (C=O) groups is 1. The number of hydrogen-bond acceptors (Lipinski definition) is 6. The molecular formula is C21H23N3O5S. The SMILES string of the molecule is COCCNC(=O)CN(c1ccc(OC)cc1)S(=O)(=O)c1cccc2cnccc12. The van der Waals surface area contributed by atoms with Gasteiger partial charge in [-0.15, -0.1) is 0 Å². The lowest BCUT2D eigenvalue weighted by molar-refractivity contribution is -0.119. The molecule has 158 valence electrons. The lowest BCUT2D eigenvalue weighted by atomic mass is 10.2. The second-order valence-electron chi connectivity index (χ2n) is 6.41. The fourth-order valence-corrected chi connectivity index (χ4v) is 4.62. The molecule has 0 atom stereocenters. The molecule has 0 saturated heterocycles. The molecule has 3 rings (SSSR count). The predicted octanol–water partition coefficient (Wildman–Crippen LogP) is 2.20. The van der Waals surface area contributed by atoms with Crippen LogP contribution >= 0.6 is 0 Å². The number of fused-ring (bicyclic) bond motifs is 1. The van der Waals surface area contributed by atoms with E-state index in [1.807, 2.05) is 0 Å². The van der Waals surface area contributed by atoms with Crippen molar-refractivity contribution in [1.82, 2.24) is 10.3 Å². The summed E-state index contributed by atoms with van der Waals surface area (Å²) in [5, 5.41) is 3.89. The summed E-state index contributed by atoms with van der Waals surface area (Å²) in [6.07, 6.45) is 3.14. The molecule has 1 N–H and O–H groups in total. The number of pyridine rings is 1. The highest BCUT2D eigenvalue weighted by Gasteiger charge is 2.28. The summed E-state index contributed by atoms with van der Waals surface area (Å²) in [6, 6.07) is 13.1. The summed E-state index contributed by atoms with van der Waals surface area (Å²) in [5.74, 6) is 0.144. The zero-order valence-electron chi connectivity index (χ0n) is 16.7. The first-order chi connectivity index (χ1) is 14.5. The quantitative estimate of drug-likeness (QED) is 0.524. The van der Waals surface area contributed by atoms with Crippen molar-refractivity contribution in [2.75, 3.05) is 38.2 Å². The number of amides is 1. The van der Waals surface area contributed by atoms with E-state index >= 15 is 0 Å². The summed E-state index contributed by atoms with van der Waals surface area (Å²) in [7, 11) is -1.01. The molecule has 30 heavy (non-hydrogen) atoms. The highest BCUT2D eigenvalue weighted by Crippen LogP contribution is 2.29. The zero-order valence-corrected chi connectivity index (χ0v) is 17.6. The van der Waals surface area contributed by atoms with Crippen LogP contribution in [0.5, 0.6) is 5.75 Å². The molecule has 0 radical (unpaired) electrons. The van der Waals surface area contributed by atoms with E-state index in [9.17, 15) is 13.2 Å². The van der Waals surface area contributed by atoms with Crippen LogP contribution in [-0.2, 0) is 19.6 Å². The Morgan fingerprint density at radius 1 is 1.10 bits per heavy atom. The van der Waals surface area contributed by atoms with Crippen LogP contribution in [0, 0.1) is 0 Å². The van der Waals surface area contributed by atoms with Gasteiger partial charge in [0.15, 0.2) is 0 Å². The Bertz CT molecular complexity index is 1110. The minimum Gasteiger partial charge on any atom is -0.497 e.